The smallest absolute Gasteiger partial charge is 0.0784 e. The average molecular weight is 399 g/mol. The fourth-order valence-electron chi connectivity index (χ4n) is 6.19. The van der Waals surface area contributed by atoms with Crippen LogP contribution < -0.4 is 0 Å². The van der Waals surface area contributed by atoms with Gasteiger partial charge in [-0.15, -0.1) is 0 Å². The van der Waals surface area contributed by atoms with Gasteiger partial charge in [-0.2, -0.15) is 0 Å². The molecule has 3 saturated carbocycles. The van der Waals surface area contributed by atoms with Gasteiger partial charge in [-0.3, -0.25) is 0 Å². The molecule has 29 heavy (non-hydrogen) atoms. The number of hydrogen-bond acceptors (Lipinski definition) is 2. The molecule has 0 aromatic rings. The van der Waals surface area contributed by atoms with Crippen LogP contribution in [0.4, 0.5) is 0 Å². The van der Waals surface area contributed by atoms with Crippen molar-refractivity contribution in [2.45, 2.75) is 103 Å². The molecule has 3 aliphatic carbocycles. The molecule has 0 aliphatic heterocycles. The molecule has 2 N–H and O–H groups in total. The Morgan fingerprint density at radius 2 is 1.97 bits per heavy atom. The second-order valence-corrected chi connectivity index (χ2v) is 10.8. The molecule has 4 atom stereocenters. The zero-order valence-corrected chi connectivity index (χ0v) is 19.0. The molecular weight excluding hydrogens is 356 g/mol. The molecule has 0 aromatic carbocycles. The molecule has 0 spiro atoms. The highest BCUT2D eigenvalue weighted by Crippen LogP contribution is 2.59. The Hall–Kier alpha value is -1.12. The third kappa shape index (κ3) is 5.33. The molecule has 0 bridgehead atoms. The summed E-state index contributed by atoms with van der Waals surface area (Å²) in [4.78, 5) is 0. The van der Waals surface area contributed by atoms with E-state index in [9.17, 15) is 10.2 Å². The van der Waals surface area contributed by atoms with Gasteiger partial charge in [0.2, 0.25) is 0 Å². The second kappa shape index (κ2) is 8.94. The van der Waals surface area contributed by atoms with Gasteiger partial charge >= 0.3 is 0 Å². The van der Waals surface area contributed by atoms with Gasteiger partial charge in [-0.1, -0.05) is 49.0 Å². The van der Waals surface area contributed by atoms with E-state index in [-0.39, 0.29) is 6.10 Å². The lowest BCUT2D eigenvalue weighted by molar-refractivity contribution is 0.0683. The maximum Gasteiger partial charge on any atom is 0.0784 e. The molecule has 162 valence electrons. The van der Waals surface area contributed by atoms with Crippen LogP contribution in [0, 0.1) is 17.3 Å². The zero-order chi connectivity index (χ0) is 21.2. The van der Waals surface area contributed by atoms with Crippen LogP contribution >= 0.6 is 0 Å². The van der Waals surface area contributed by atoms with Crippen LogP contribution in [-0.4, -0.2) is 21.9 Å². The quantitative estimate of drug-likeness (QED) is 0.491. The minimum atomic E-state index is -0.574. The Morgan fingerprint density at radius 3 is 2.66 bits per heavy atom. The maximum absolute atomic E-state index is 10.1. The maximum atomic E-state index is 10.1. The Morgan fingerprint density at radius 1 is 1.21 bits per heavy atom. The molecule has 0 radical (unpaired) electrons. The van der Waals surface area contributed by atoms with Crippen molar-refractivity contribution in [3.63, 3.8) is 0 Å². The first-order valence-corrected chi connectivity index (χ1v) is 11.7. The molecule has 2 heteroatoms. The van der Waals surface area contributed by atoms with E-state index >= 15 is 0 Å². The highest BCUT2D eigenvalue weighted by atomic mass is 16.3. The first-order valence-electron chi connectivity index (χ1n) is 11.7. The van der Waals surface area contributed by atoms with Crippen molar-refractivity contribution in [2.75, 3.05) is 0 Å². The predicted octanol–water partition coefficient (Wildman–Crippen LogP) is 6.65. The average Bonchev–Trinajstić information content (AvgIpc) is 2.99. The summed E-state index contributed by atoms with van der Waals surface area (Å²) in [5.41, 5.74) is 5.16. The minimum absolute atomic E-state index is 0.342. The summed E-state index contributed by atoms with van der Waals surface area (Å²) in [7, 11) is 0. The Kier molecular flexibility index (Phi) is 6.95. The van der Waals surface area contributed by atoms with Gasteiger partial charge in [0.25, 0.3) is 0 Å². The zero-order valence-electron chi connectivity index (χ0n) is 19.0. The fourth-order valence-corrected chi connectivity index (χ4v) is 6.19. The molecule has 2 nitrogen and oxygen atoms in total. The molecular formula is C27H42O2. The van der Waals surface area contributed by atoms with E-state index in [1.807, 2.05) is 13.8 Å². The monoisotopic (exact) mass is 398 g/mol. The Bertz CT molecular complexity index is 690. The summed E-state index contributed by atoms with van der Waals surface area (Å²) in [6, 6.07) is 0. The van der Waals surface area contributed by atoms with Crippen molar-refractivity contribution >= 4 is 0 Å². The van der Waals surface area contributed by atoms with Crippen molar-refractivity contribution in [1.82, 2.24) is 0 Å². The lowest BCUT2D eigenvalue weighted by Gasteiger charge is -2.43. The molecule has 0 heterocycles. The van der Waals surface area contributed by atoms with Crippen LogP contribution in [0.2, 0.25) is 0 Å². The number of fused-ring (bicyclic) bond motifs is 1. The van der Waals surface area contributed by atoms with Crippen LogP contribution in [0.3, 0.4) is 0 Å². The van der Waals surface area contributed by atoms with Gasteiger partial charge in [0, 0.05) is 0 Å². The van der Waals surface area contributed by atoms with E-state index in [4.69, 9.17) is 0 Å². The number of allylic oxidation sites excluding steroid dienone is 4. The summed E-state index contributed by atoms with van der Waals surface area (Å²) in [6.45, 7) is 14.8. The Balaban J connectivity index is 1.66. The minimum Gasteiger partial charge on any atom is -0.390 e. The Labute approximate surface area is 178 Å². The van der Waals surface area contributed by atoms with Crippen LogP contribution in [0.1, 0.15) is 91.4 Å². The first kappa shape index (κ1) is 22.6. The van der Waals surface area contributed by atoms with E-state index in [1.54, 1.807) is 5.57 Å². The van der Waals surface area contributed by atoms with Crippen molar-refractivity contribution in [2.24, 2.45) is 17.3 Å². The van der Waals surface area contributed by atoms with Gasteiger partial charge in [0.15, 0.2) is 0 Å². The van der Waals surface area contributed by atoms with Gasteiger partial charge in [-0.25, -0.2) is 0 Å². The fraction of sp³-hybridized carbons (Fsp3) is 0.704. The van der Waals surface area contributed by atoms with E-state index in [1.165, 1.54) is 43.3 Å². The molecule has 3 fully saturated rings. The molecule has 4 unspecified atom stereocenters. The summed E-state index contributed by atoms with van der Waals surface area (Å²) in [6.07, 6.45) is 16.3. The first-order chi connectivity index (χ1) is 13.6. The summed E-state index contributed by atoms with van der Waals surface area (Å²) < 4.78 is 0. The largest absolute Gasteiger partial charge is 0.390 e. The topological polar surface area (TPSA) is 40.5 Å². The SMILES string of the molecule is C=C1CC/C(=C/C=C2\CCCC3(C)C(C(=C)CCCC(C)(C)O)CCC23)CC1O. The number of hydrogen-bond donors (Lipinski definition) is 2. The van der Waals surface area contributed by atoms with Crippen LogP contribution in [0.5, 0.6) is 0 Å². The van der Waals surface area contributed by atoms with Crippen molar-refractivity contribution in [1.29, 1.82) is 0 Å². The van der Waals surface area contributed by atoms with Gasteiger partial charge in [-0.05, 0) is 107 Å². The van der Waals surface area contributed by atoms with E-state index in [2.05, 4.69) is 32.2 Å². The molecule has 3 aliphatic rings. The summed E-state index contributed by atoms with van der Waals surface area (Å²) in [5, 5.41) is 20.1. The van der Waals surface area contributed by atoms with Crippen molar-refractivity contribution in [3.8, 4) is 0 Å². The van der Waals surface area contributed by atoms with E-state index in [0.29, 0.717) is 17.3 Å². The number of rotatable bonds is 6. The predicted molar refractivity (Wildman–Crippen MR) is 123 cm³/mol. The summed E-state index contributed by atoms with van der Waals surface area (Å²) >= 11 is 0. The van der Waals surface area contributed by atoms with Crippen LogP contribution in [0.25, 0.3) is 0 Å². The van der Waals surface area contributed by atoms with Gasteiger partial charge in [0.05, 0.1) is 11.7 Å². The highest BCUT2D eigenvalue weighted by Gasteiger charge is 2.49. The van der Waals surface area contributed by atoms with Gasteiger partial charge < -0.3 is 10.2 Å². The molecule has 0 aromatic heterocycles. The van der Waals surface area contributed by atoms with E-state index < -0.39 is 5.60 Å². The van der Waals surface area contributed by atoms with Crippen molar-refractivity contribution < 1.29 is 10.2 Å². The normalized spacial score (nSPS) is 35.9. The molecule has 3 rings (SSSR count). The van der Waals surface area contributed by atoms with Crippen LogP contribution in [-0.2, 0) is 0 Å². The highest BCUT2D eigenvalue weighted by molar-refractivity contribution is 5.29. The van der Waals surface area contributed by atoms with E-state index in [0.717, 1.165) is 44.1 Å². The lowest BCUT2D eigenvalue weighted by Crippen LogP contribution is -2.34. The second-order valence-electron chi connectivity index (χ2n) is 10.8. The lowest BCUT2D eigenvalue weighted by atomic mass is 9.62. The molecule has 0 saturated heterocycles. The van der Waals surface area contributed by atoms with Crippen LogP contribution in [0.15, 0.2) is 47.6 Å². The number of aliphatic hydroxyl groups excluding tert-OH is 1. The van der Waals surface area contributed by atoms with Crippen molar-refractivity contribution in [3.05, 3.63) is 47.6 Å². The number of aliphatic hydroxyl groups is 2. The third-order valence-corrected chi connectivity index (χ3v) is 7.97. The standard InChI is InChI=1S/C27H42O2/c1-19(8-6-16-26(3,4)29)23-14-15-24-22(9-7-17-27(23,24)5)13-12-21-11-10-20(2)25(28)18-21/h12-13,23-25,28-29H,1-2,6-11,14-18H2,3-5H3/b21-12-,22-13+. The van der Waals surface area contributed by atoms with Gasteiger partial charge in [0.1, 0.15) is 0 Å². The molecule has 0 amide bonds. The third-order valence-electron chi connectivity index (χ3n) is 7.97. The summed E-state index contributed by atoms with van der Waals surface area (Å²) in [5.74, 6) is 1.29.